The summed E-state index contributed by atoms with van der Waals surface area (Å²) in [7, 11) is 1.76. The molecule has 2 heterocycles. The quantitative estimate of drug-likeness (QED) is 0.890. The summed E-state index contributed by atoms with van der Waals surface area (Å²) < 4.78 is 1.62. The number of amides is 1. The number of carboxylic acid groups (broad SMARTS) is 1. The third kappa shape index (κ3) is 2.79. The Morgan fingerprint density at radius 2 is 1.95 bits per heavy atom. The lowest BCUT2D eigenvalue weighted by Crippen LogP contribution is -2.44. The molecule has 0 aliphatic rings. The number of aromatic nitrogens is 3. The van der Waals surface area contributed by atoms with Crippen LogP contribution in [0.5, 0.6) is 0 Å². The van der Waals surface area contributed by atoms with Crippen molar-refractivity contribution in [3.63, 3.8) is 0 Å². The average molecular weight is 304 g/mol. The monoisotopic (exact) mass is 304 g/mol. The van der Waals surface area contributed by atoms with Crippen LogP contribution >= 0.6 is 0 Å². The molecule has 0 radical (unpaired) electrons. The van der Waals surface area contributed by atoms with Crippen molar-refractivity contribution in [3.05, 3.63) is 23.0 Å². The Balaban J connectivity index is 2.50. The standard InChI is InChI=1S/C15H20N4O3/c1-7(2)12(15(21)22)17-14(20)10-6-8(3)16-13-11(10)9(4)18-19(13)5/h6-7,12H,1-5H3,(H,17,20)(H,21,22). The largest absolute Gasteiger partial charge is 0.480 e. The van der Waals surface area contributed by atoms with E-state index < -0.39 is 17.9 Å². The third-order valence-electron chi connectivity index (χ3n) is 3.56. The zero-order valence-corrected chi connectivity index (χ0v) is 13.3. The Hall–Kier alpha value is -2.44. The number of nitrogens with zero attached hydrogens (tertiary/aromatic N) is 3. The van der Waals surface area contributed by atoms with Crippen LogP contribution in [0, 0.1) is 19.8 Å². The van der Waals surface area contributed by atoms with Gasteiger partial charge in [-0.2, -0.15) is 5.10 Å². The summed E-state index contributed by atoms with van der Waals surface area (Å²) in [5, 5.41) is 16.7. The first-order chi connectivity index (χ1) is 10.2. The van der Waals surface area contributed by atoms with Crippen molar-refractivity contribution in [2.45, 2.75) is 33.7 Å². The molecule has 1 unspecified atom stereocenters. The van der Waals surface area contributed by atoms with Gasteiger partial charge >= 0.3 is 5.97 Å². The van der Waals surface area contributed by atoms with Crippen molar-refractivity contribution in [2.75, 3.05) is 0 Å². The number of fused-ring (bicyclic) bond motifs is 1. The molecule has 7 nitrogen and oxygen atoms in total. The van der Waals surface area contributed by atoms with Gasteiger partial charge in [-0.25, -0.2) is 9.78 Å². The van der Waals surface area contributed by atoms with Gasteiger partial charge in [-0.05, 0) is 25.8 Å². The van der Waals surface area contributed by atoms with Crippen LogP contribution in [-0.4, -0.2) is 37.8 Å². The van der Waals surface area contributed by atoms with E-state index >= 15 is 0 Å². The van der Waals surface area contributed by atoms with Gasteiger partial charge in [0.1, 0.15) is 6.04 Å². The molecule has 118 valence electrons. The molecule has 2 aromatic rings. The van der Waals surface area contributed by atoms with E-state index in [2.05, 4.69) is 15.4 Å². The van der Waals surface area contributed by atoms with E-state index in [0.29, 0.717) is 28.0 Å². The Morgan fingerprint density at radius 3 is 2.50 bits per heavy atom. The third-order valence-corrected chi connectivity index (χ3v) is 3.56. The van der Waals surface area contributed by atoms with Gasteiger partial charge in [0.05, 0.1) is 16.6 Å². The fraction of sp³-hybridized carbons (Fsp3) is 0.467. The fourth-order valence-electron chi connectivity index (χ4n) is 2.48. The molecule has 0 aromatic carbocycles. The molecule has 0 bridgehead atoms. The molecular formula is C15H20N4O3. The second-order valence-corrected chi connectivity index (χ2v) is 5.75. The van der Waals surface area contributed by atoms with E-state index in [1.807, 2.05) is 0 Å². The molecule has 2 rings (SSSR count). The number of carboxylic acids is 1. The van der Waals surface area contributed by atoms with Gasteiger partial charge in [0.25, 0.3) is 5.91 Å². The first-order valence-electron chi connectivity index (χ1n) is 7.07. The van der Waals surface area contributed by atoms with Gasteiger partial charge < -0.3 is 10.4 Å². The van der Waals surface area contributed by atoms with Crippen molar-refractivity contribution in [1.29, 1.82) is 0 Å². The second kappa shape index (κ2) is 5.75. The Morgan fingerprint density at radius 1 is 1.32 bits per heavy atom. The van der Waals surface area contributed by atoms with Crippen molar-refractivity contribution >= 4 is 22.9 Å². The average Bonchev–Trinajstić information content (AvgIpc) is 2.69. The number of pyridine rings is 1. The molecule has 2 N–H and O–H groups in total. The minimum atomic E-state index is -1.05. The second-order valence-electron chi connectivity index (χ2n) is 5.75. The topological polar surface area (TPSA) is 97.1 Å². The molecule has 1 amide bonds. The van der Waals surface area contributed by atoms with Gasteiger partial charge in [0, 0.05) is 12.7 Å². The van der Waals surface area contributed by atoms with Crippen molar-refractivity contribution in [3.8, 4) is 0 Å². The van der Waals surface area contributed by atoms with Gasteiger partial charge in [-0.15, -0.1) is 0 Å². The van der Waals surface area contributed by atoms with Gasteiger partial charge in [-0.1, -0.05) is 13.8 Å². The number of nitrogens with one attached hydrogen (secondary N) is 1. The van der Waals surface area contributed by atoms with E-state index in [0.717, 1.165) is 0 Å². The number of hydrogen-bond acceptors (Lipinski definition) is 4. The number of hydrogen-bond donors (Lipinski definition) is 2. The van der Waals surface area contributed by atoms with Crippen LogP contribution in [0.1, 0.15) is 35.6 Å². The molecule has 2 aromatic heterocycles. The lowest BCUT2D eigenvalue weighted by molar-refractivity contribution is -0.140. The van der Waals surface area contributed by atoms with E-state index in [1.54, 1.807) is 45.5 Å². The van der Waals surface area contributed by atoms with Crippen LogP contribution < -0.4 is 5.32 Å². The van der Waals surface area contributed by atoms with Crippen molar-refractivity contribution in [1.82, 2.24) is 20.1 Å². The van der Waals surface area contributed by atoms with E-state index in [-0.39, 0.29) is 5.92 Å². The molecule has 0 aliphatic heterocycles. The van der Waals surface area contributed by atoms with Gasteiger partial charge in [-0.3, -0.25) is 9.48 Å². The highest BCUT2D eigenvalue weighted by molar-refractivity contribution is 6.07. The van der Waals surface area contributed by atoms with E-state index in [1.165, 1.54) is 0 Å². The maximum absolute atomic E-state index is 12.6. The van der Waals surface area contributed by atoms with Crippen LogP contribution in [0.3, 0.4) is 0 Å². The lowest BCUT2D eigenvalue weighted by atomic mass is 10.0. The molecule has 0 spiro atoms. The molecular weight excluding hydrogens is 284 g/mol. The van der Waals surface area contributed by atoms with Crippen LogP contribution in [0.15, 0.2) is 6.07 Å². The molecule has 0 saturated heterocycles. The van der Waals surface area contributed by atoms with E-state index in [4.69, 9.17) is 0 Å². The normalized spacial score (nSPS) is 12.6. The molecule has 0 aliphatic carbocycles. The minimum absolute atomic E-state index is 0.213. The van der Waals surface area contributed by atoms with Crippen molar-refractivity contribution in [2.24, 2.45) is 13.0 Å². The molecule has 22 heavy (non-hydrogen) atoms. The summed E-state index contributed by atoms with van der Waals surface area (Å²) in [6.45, 7) is 7.09. The summed E-state index contributed by atoms with van der Waals surface area (Å²) >= 11 is 0. The lowest BCUT2D eigenvalue weighted by Gasteiger charge is -2.18. The maximum atomic E-state index is 12.6. The van der Waals surface area contributed by atoms with Crippen LogP contribution in [0.4, 0.5) is 0 Å². The number of carbonyl (C=O) groups excluding carboxylic acids is 1. The first-order valence-corrected chi connectivity index (χ1v) is 7.07. The number of aliphatic carboxylic acids is 1. The van der Waals surface area contributed by atoms with Gasteiger partial charge in [0.2, 0.25) is 0 Å². The predicted octanol–water partition coefficient (Wildman–Crippen LogP) is 1.42. The molecule has 7 heteroatoms. The minimum Gasteiger partial charge on any atom is -0.480 e. The fourth-order valence-corrected chi connectivity index (χ4v) is 2.48. The van der Waals surface area contributed by atoms with Crippen LogP contribution in [0.25, 0.3) is 11.0 Å². The summed E-state index contributed by atoms with van der Waals surface area (Å²) in [5.41, 5.74) is 2.38. The Kier molecular flexibility index (Phi) is 4.16. The van der Waals surface area contributed by atoms with Crippen molar-refractivity contribution < 1.29 is 14.7 Å². The number of rotatable bonds is 4. The SMILES string of the molecule is Cc1cc(C(=O)NC(C(=O)O)C(C)C)c2c(C)nn(C)c2n1. The predicted molar refractivity (Wildman–Crippen MR) is 81.7 cm³/mol. The summed E-state index contributed by atoms with van der Waals surface area (Å²) in [6.07, 6.45) is 0. The highest BCUT2D eigenvalue weighted by Gasteiger charge is 2.26. The summed E-state index contributed by atoms with van der Waals surface area (Å²) in [4.78, 5) is 28.2. The smallest absolute Gasteiger partial charge is 0.326 e. The molecule has 0 saturated carbocycles. The molecule has 1 atom stereocenters. The van der Waals surface area contributed by atoms with Crippen LogP contribution in [0.2, 0.25) is 0 Å². The highest BCUT2D eigenvalue weighted by atomic mass is 16.4. The Bertz CT molecular complexity index is 749. The zero-order valence-electron chi connectivity index (χ0n) is 13.3. The number of aryl methyl sites for hydroxylation is 3. The van der Waals surface area contributed by atoms with E-state index in [9.17, 15) is 14.7 Å². The zero-order chi connectivity index (χ0) is 16.6. The molecule has 0 fully saturated rings. The van der Waals surface area contributed by atoms with Gasteiger partial charge in [0.15, 0.2) is 5.65 Å². The summed E-state index contributed by atoms with van der Waals surface area (Å²) in [5.74, 6) is -1.68. The maximum Gasteiger partial charge on any atom is 0.326 e. The highest BCUT2D eigenvalue weighted by Crippen LogP contribution is 2.22. The van der Waals surface area contributed by atoms with Crippen LogP contribution in [-0.2, 0) is 11.8 Å². The number of carbonyl (C=O) groups is 2. The Labute approximate surface area is 128 Å². The summed E-state index contributed by atoms with van der Waals surface area (Å²) in [6, 6.07) is 0.721. The first kappa shape index (κ1) is 15.9.